The van der Waals surface area contributed by atoms with Gasteiger partial charge in [-0.15, -0.1) is 0 Å². The highest BCUT2D eigenvalue weighted by Gasteiger charge is 2.21. The second-order valence-corrected chi connectivity index (χ2v) is 6.90. The molecule has 144 valence electrons. The zero-order valence-electron chi connectivity index (χ0n) is 15.6. The molecule has 6 heteroatoms. The van der Waals surface area contributed by atoms with E-state index in [2.05, 4.69) is 10.6 Å². The second-order valence-electron chi connectivity index (χ2n) is 6.90. The van der Waals surface area contributed by atoms with E-state index < -0.39 is 0 Å². The lowest BCUT2D eigenvalue weighted by molar-refractivity contribution is 0.232. The maximum Gasteiger partial charge on any atom is 0.315 e. The van der Waals surface area contributed by atoms with Gasteiger partial charge in [0.15, 0.2) is 11.5 Å². The average molecular weight is 372 g/mol. The van der Waals surface area contributed by atoms with Crippen LogP contribution >= 0.6 is 0 Å². The first-order chi connectivity index (χ1) is 13.0. The van der Waals surface area contributed by atoms with Gasteiger partial charge in [-0.05, 0) is 29.7 Å². The number of halogens is 1. The lowest BCUT2D eigenvalue weighted by atomic mass is 9.96. The summed E-state index contributed by atoms with van der Waals surface area (Å²) >= 11 is 0. The van der Waals surface area contributed by atoms with Crippen LogP contribution in [0.2, 0.25) is 0 Å². The summed E-state index contributed by atoms with van der Waals surface area (Å²) in [6, 6.07) is 11.6. The van der Waals surface area contributed by atoms with Gasteiger partial charge in [0.05, 0.1) is 19.3 Å². The van der Waals surface area contributed by atoms with Crippen LogP contribution in [-0.4, -0.2) is 19.2 Å². The van der Waals surface area contributed by atoms with Crippen LogP contribution in [0.3, 0.4) is 0 Å². The molecule has 0 saturated heterocycles. The van der Waals surface area contributed by atoms with Crippen molar-refractivity contribution in [1.82, 2.24) is 10.6 Å². The van der Waals surface area contributed by atoms with E-state index in [4.69, 9.17) is 9.47 Å². The van der Waals surface area contributed by atoms with E-state index in [-0.39, 0.29) is 30.4 Å². The smallest absolute Gasteiger partial charge is 0.315 e. The Morgan fingerprint density at radius 1 is 1.11 bits per heavy atom. The molecule has 27 heavy (non-hydrogen) atoms. The third-order valence-corrected chi connectivity index (χ3v) is 4.48. The van der Waals surface area contributed by atoms with Crippen molar-refractivity contribution in [2.24, 2.45) is 5.92 Å². The minimum Gasteiger partial charge on any atom is -0.490 e. The van der Waals surface area contributed by atoms with Crippen molar-refractivity contribution in [3.8, 4) is 11.5 Å². The molecule has 0 fully saturated rings. The van der Waals surface area contributed by atoms with Gasteiger partial charge < -0.3 is 20.1 Å². The van der Waals surface area contributed by atoms with Crippen LogP contribution in [0, 0.1) is 11.7 Å². The Morgan fingerprint density at radius 2 is 1.85 bits per heavy atom. The highest BCUT2D eigenvalue weighted by atomic mass is 19.1. The third-order valence-electron chi connectivity index (χ3n) is 4.48. The number of nitrogens with one attached hydrogen (secondary N) is 2. The average Bonchev–Trinajstić information content (AvgIpc) is 2.90. The first-order valence-corrected chi connectivity index (χ1v) is 9.22. The summed E-state index contributed by atoms with van der Waals surface area (Å²) in [5.74, 6) is 1.25. The van der Waals surface area contributed by atoms with Crippen LogP contribution < -0.4 is 20.1 Å². The number of amides is 2. The number of carbonyl (C=O) groups excluding carboxylic acids is 1. The van der Waals surface area contributed by atoms with Crippen LogP contribution in [0.25, 0.3) is 0 Å². The predicted molar refractivity (Wildman–Crippen MR) is 101 cm³/mol. The van der Waals surface area contributed by atoms with E-state index in [0.717, 1.165) is 17.7 Å². The van der Waals surface area contributed by atoms with Crippen molar-refractivity contribution in [2.45, 2.75) is 32.9 Å². The van der Waals surface area contributed by atoms with Crippen LogP contribution in [0.15, 0.2) is 42.5 Å². The quantitative estimate of drug-likeness (QED) is 0.828. The van der Waals surface area contributed by atoms with E-state index in [1.807, 2.05) is 32.0 Å². The SMILES string of the molecule is CC(C)[C@H](NC(=O)NCc1ccccc1F)c1ccc2c(c1)OCCCO2. The molecule has 0 unspecified atom stereocenters. The molecule has 1 aliphatic heterocycles. The van der Waals surface area contributed by atoms with Crippen molar-refractivity contribution in [3.05, 3.63) is 59.4 Å². The van der Waals surface area contributed by atoms with Gasteiger partial charge in [0.1, 0.15) is 5.82 Å². The standard InChI is InChI=1S/C21H25FN2O3/c1-14(2)20(15-8-9-18-19(12-15)27-11-5-10-26-18)24-21(25)23-13-16-6-3-4-7-17(16)22/h3-4,6-9,12,14,20H,5,10-11,13H2,1-2H3,(H2,23,24,25)/t20-/m0/s1. The van der Waals surface area contributed by atoms with Crippen LogP contribution in [0.5, 0.6) is 11.5 Å². The Labute approximate surface area is 158 Å². The Balaban J connectivity index is 1.68. The number of urea groups is 1. The molecule has 2 amide bonds. The number of hydrogen-bond donors (Lipinski definition) is 2. The summed E-state index contributed by atoms with van der Waals surface area (Å²) in [7, 11) is 0. The third kappa shape index (κ3) is 4.90. The van der Waals surface area contributed by atoms with Crippen LogP contribution in [-0.2, 0) is 6.54 Å². The molecule has 0 bridgehead atoms. The van der Waals surface area contributed by atoms with Gasteiger partial charge in [-0.25, -0.2) is 9.18 Å². The molecule has 0 radical (unpaired) electrons. The van der Waals surface area contributed by atoms with Gasteiger partial charge in [0, 0.05) is 18.5 Å². The summed E-state index contributed by atoms with van der Waals surface area (Å²) < 4.78 is 25.1. The Morgan fingerprint density at radius 3 is 2.59 bits per heavy atom. The summed E-state index contributed by atoms with van der Waals surface area (Å²) in [4.78, 5) is 12.4. The summed E-state index contributed by atoms with van der Waals surface area (Å²) in [6.45, 7) is 5.44. The monoisotopic (exact) mass is 372 g/mol. The second kappa shape index (κ2) is 8.75. The number of hydrogen-bond acceptors (Lipinski definition) is 3. The van der Waals surface area contributed by atoms with E-state index in [1.54, 1.807) is 18.2 Å². The van der Waals surface area contributed by atoms with E-state index >= 15 is 0 Å². The van der Waals surface area contributed by atoms with Crippen molar-refractivity contribution >= 4 is 6.03 Å². The zero-order chi connectivity index (χ0) is 19.2. The number of carbonyl (C=O) groups is 1. The van der Waals surface area contributed by atoms with Crippen LogP contribution in [0.1, 0.15) is 37.4 Å². The molecule has 3 rings (SSSR count). The molecule has 1 heterocycles. The lowest BCUT2D eigenvalue weighted by Crippen LogP contribution is -2.39. The largest absolute Gasteiger partial charge is 0.490 e. The molecule has 0 saturated carbocycles. The van der Waals surface area contributed by atoms with Crippen molar-refractivity contribution in [1.29, 1.82) is 0 Å². The van der Waals surface area contributed by atoms with Gasteiger partial charge in [0.25, 0.3) is 0 Å². The number of rotatable bonds is 5. The molecular formula is C21H25FN2O3. The molecule has 0 spiro atoms. The molecular weight excluding hydrogens is 347 g/mol. The lowest BCUT2D eigenvalue weighted by Gasteiger charge is -2.24. The highest BCUT2D eigenvalue weighted by Crippen LogP contribution is 2.34. The fourth-order valence-corrected chi connectivity index (χ4v) is 3.02. The van der Waals surface area contributed by atoms with Gasteiger partial charge in [-0.2, -0.15) is 0 Å². The maximum absolute atomic E-state index is 13.7. The van der Waals surface area contributed by atoms with E-state index in [9.17, 15) is 9.18 Å². The normalized spacial score (nSPS) is 14.4. The molecule has 1 aliphatic rings. The van der Waals surface area contributed by atoms with Gasteiger partial charge in [-0.1, -0.05) is 38.1 Å². The maximum atomic E-state index is 13.7. The Kier molecular flexibility index (Phi) is 6.16. The van der Waals surface area contributed by atoms with Gasteiger partial charge >= 0.3 is 6.03 Å². The van der Waals surface area contributed by atoms with Crippen molar-refractivity contribution < 1.29 is 18.7 Å². The molecule has 2 aromatic carbocycles. The first-order valence-electron chi connectivity index (χ1n) is 9.22. The van der Waals surface area contributed by atoms with Crippen molar-refractivity contribution in [2.75, 3.05) is 13.2 Å². The number of fused-ring (bicyclic) bond motifs is 1. The summed E-state index contributed by atoms with van der Waals surface area (Å²) in [5.41, 5.74) is 1.39. The minimum atomic E-state index is -0.343. The molecule has 0 aromatic heterocycles. The minimum absolute atomic E-state index is 0.129. The molecule has 0 aliphatic carbocycles. The van der Waals surface area contributed by atoms with Crippen molar-refractivity contribution in [3.63, 3.8) is 0 Å². The Bertz CT molecular complexity index is 795. The molecule has 2 N–H and O–H groups in total. The Hall–Kier alpha value is -2.76. The zero-order valence-corrected chi connectivity index (χ0v) is 15.6. The molecule has 5 nitrogen and oxygen atoms in total. The fraction of sp³-hybridized carbons (Fsp3) is 0.381. The van der Waals surface area contributed by atoms with Crippen LogP contribution in [0.4, 0.5) is 9.18 Å². The predicted octanol–water partition coefficient (Wildman–Crippen LogP) is 4.18. The van der Waals surface area contributed by atoms with Gasteiger partial charge in [-0.3, -0.25) is 0 Å². The summed E-state index contributed by atoms with van der Waals surface area (Å²) in [6.07, 6.45) is 0.842. The summed E-state index contributed by atoms with van der Waals surface area (Å²) in [5, 5.41) is 5.70. The van der Waals surface area contributed by atoms with E-state index in [1.165, 1.54) is 6.07 Å². The van der Waals surface area contributed by atoms with E-state index in [0.29, 0.717) is 24.5 Å². The molecule has 2 aromatic rings. The number of ether oxygens (including phenoxy) is 2. The first kappa shape index (κ1) is 19.0. The fourth-order valence-electron chi connectivity index (χ4n) is 3.02. The van der Waals surface area contributed by atoms with Gasteiger partial charge in [0.2, 0.25) is 0 Å². The number of benzene rings is 2. The molecule has 1 atom stereocenters. The highest BCUT2D eigenvalue weighted by molar-refractivity contribution is 5.74. The topological polar surface area (TPSA) is 59.6 Å².